The fourth-order valence-corrected chi connectivity index (χ4v) is 5.98. The van der Waals surface area contributed by atoms with Crippen LogP contribution >= 0.6 is 15.9 Å². The van der Waals surface area contributed by atoms with E-state index in [4.69, 9.17) is 0 Å². The van der Waals surface area contributed by atoms with Gasteiger partial charge in [0.15, 0.2) is 0 Å². The first-order valence-corrected chi connectivity index (χ1v) is 12.5. The molecular formula is C22H27BrN2O3S. The highest BCUT2D eigenvalue weighted by atomic mass is 79.9. The maximum absolute atomic E-state index is 13.4. The molecule has 0 fully saturated rings. The van der Waals surface area contributed by atoms with Gasteiger partial charge in [-0.25, -0.2) is 8.42 Å². The van der Waals surface area contributed by atoms with Crippen molar-refractivity contribution in [2.24, 2.45) is 0 Å². The second kappa shape index (κ2) is 8.48. The third-order valence-corrected chi connectivity index (χ3v) is 7.38. The highest BCUT2D eigenvalue weighted by molar-refractivity contribution is 9.10. The molecule has 29 heavy (non-hydrogen) atoms. The molecule has 2 aromatic carbocycles. The van der Waals surface area contributed by atoms with Crippen LogP contribution in [0.1, 0.15) is 54.7 Å². The summed E-state index contributed by atoms with van der Waals surface area (Å²) in [5.74, 6) is -0.0386. The SMILES string of the molecule is CCCN(C(=O)c1ccc2c(c1)CC(C)N2S(C)(=O)=O)C(C)c1ccccc1Br. The van der Waals surface area contributed by atoms with Crippen molar-refractivity contribution in [1.29, 1.82) is 0 Å². The number of rotatable bonds is 6. The molecule has 2 atom stereocenters. The molecule has 0 radical (unpaired) electrons. The molecule has 0 saturated carbocycles. The Morgan fingerprint density at radius 3 is 2.59 bits per heavy atom. The van der Waals surface area contributed by atoms with Crippen LogP contribution in [0, 0.1) is 0 Å². The number of sulfonamides is 1. The fraction of sp³-hybridized carbons (Fsp3) is 0.409. The molecule has 7 heteroatoms. The van der Waals surface area contributed by atoms with Crippen LogP contribution in [-0.4, -0.2) is 38.1 Å². The summed E-state index contributed by atoms with van der Waals surface area (Å²) in [6, 6.07) is 13.1. The Bertz CT molecular complexity index is 1020. The normalized spacial score (nSPS) is 17.1. The van der Waals surface area contributed by atoms with Crippen molar-refractivity contribution in [3.63, 3.8) is 0 Å². The van der Waals surface area contributed by atoms with E-state index in [1.807, 2.05) is 49.1 Å². The highest BCUT2D eigenvalue weighted by Crippen LogP contribution is 2.36. The van der Waals surface area contributed by atoms with E-state index in [9.17, 15) is 13.2 Å². The summed E-state index contributed by atoms with van der Waals surface area (Å²) in [7, 11) is -3.34. The van der Waals surface area contributed by atoms with Crippen molar-refractivity contribution in [1.82, 2.24) is 4.90 Å². The average molecular weight is 479 g/mol. The minimum Gasteiger partial charge on any atom is -0.332 e. The third kappa shape index (κ3) is 4.36. The zero-order valence-corrected chi connectivity index (χ0v) is 19.6. The lowest BCUT2D eigenvalue weighted by molar-refractivity contribution is 0.0690. The van der Waals surface area contributed by atoms with E-state index in [1.54, 1.807) is 12.1 Å². The number of nitrogens with zero attached hydrogens (tertiary/aromatic N) is 2. The van der Waals surface area contributed by atoms with E-state index in [2.05, 4.69) is 22.9 Å². The van der Waals surface area contributed by atoms with Crippen LogP contribution in [-0.2, 0) is 16.4 Å². The molecule has 156 valence electrons. The zero-order valence-electron chi connectivity index (χ0n) is 17.2. The quantitative estimate of drug-likeness (QED) is 0.600. The molecule has 3 rings (SSSR count). The van der Waals surface area contributed by atoms with Gasteiger partial charge < -0.3 is 4.90 Å². The van der Waals surface area contributed by atoms with Crippen molar-refractivity contribution >= 4 is 37.5 Å². The van der Waals surface area contributed by atoms with E-state index in [1.165, 1.54) is 10.6 Å². The number of carbonyl (C=O) groups excluding carboxylic acids is 1. The van der Waals surface area contributed by atoms with E-state index < -0.39 is 10.0 Å². The summed E-state index contributed by atoms with van der Waals surface area (Å²) < 4.78 is 26.7. The maximum Gasteiger partial charge on any atom is 0.254 e. The monoisotopic (exact) mass is 478 g/mol. The smallest absolute Gasteiger partial charge is 0.254 e. The van der Waals surface area contributed by atoms with Gasteiger partial charge in [-0.1, -0.05) is 41.1 Å². The predicted molar refractivity (Wildman–Crippen MR) is 121 cm³/mol. The van der Waals surface area contributed by atoms with Crippen molar-refractivity contribution < 1.29 is 13.2 Å². The van der Waals surface area contributed by atoms with E-state index in [-0.39, 0.29) is 18.0 Å². The molecule has 0 saturated heterocycles. The van der Waals surface area contributed by atoms with Crippen LogP contribution in [0.15, 0.2) is 46.9 Å². The fourth-order valence-electron chi connectivity index (χ4n) is 4.10. The lowest BCUT2D eigenvalue weighted by Gasteiger charge is -2.30. The number of hydrogen-bond acceptors (Lipinski definition) is 3. The van der Waals surface area contributed by atoms with Crippen LogP contribution < -0.4 is 4.31 Å². The van der Waals surface area contributed by atoms with Crippen molar-refractivity contribution in [3.05, 3.63) is 63.6 Å². The largest absolute Gasteiger partial charge is 0.332 e. The van der Waals surface area contributed by atoms with Gasteiger partial charge in [0.05, 0.1) is 18.0 Å². The first kappa shape index (κ1) is 21.8. The number of fused-ring (bicyclic) bond motifs is 1. The van der Waals surface area contributed by atoms with Gasteiger partial charge in [-0.15, -0.1) is 0 Å². The van der Waals surface area contributed by atoms with Gasteiger partial charge in [-0.2, -0.15) is 0 Å². The second-order valence-corrected chi connectivity index (χ2v) is 10.4. The number of anilines is 1. The van der Waals surface area contributed by atoms with Crippen LogP contribution in [0.3, 0.4) is 0 Å². The molecular weight excluding hydrogens is 452 g/mol. The summed E-state index contributed by atoms with van der Waals surface area (Å²) in [5, 5.41) is 0. The number of carbonyl (C=O) groups is 1. The van der Waals surface area contributed by atoms with Crippen molar-refractivity contribution in [2.75, 3.05) is 17.1 Å². The molecule has 0 aromatic heterocycles. The second-order valence-electron chi connectivity index (χ2n) is 7.65. The average Bonchev–Trinajstić information content (AvgIpc) is 3.00. The van der Waals surface area contributed by atoms with Crippen molar-refractivity contribution in [3.8, 4) is 0 Å². The topological polar surface area (TPSA) is 57.7 Å². The summed E-state index contributed by atoms with van der Waals surface area (Å²) in [6.07, 6.45) is 2.68. The van der Waals surface area contributed by atoms with Crippen LogP contribution in [0.25, 0.3) is 0 Å². The molecule has 0 N–H and O–H groups in total. The summed E-state index contributed by atoms with van der Waals surface area (Å²) in [6.45, 7) is 6.63. The van der Waals surface area contributed by atoms with Gasteiger partial charge in [0.1, 0.15) is 0 Å². The Balaban J connectivity index is 1.94. The van der Waals surface area contributed by atoms with Gasteiger partial charge in [0, 0.05) is 22.6 Å². The standard InChI is InChI=1S/C22H27BrN2O3S/c1-5-12-24(16(3)19-8-6-7-9-20(19)23)22(26)17-10-11-21-18(14-17)13-15(2)25(21)29(4,27)28/h6-11,14-16H,5,12-13H2,1-4H3. The number of benzene rings is 2. The molecule has 2 unspecified atom stereocenters. The molecule has 1 aliphatic heterocycles. The minimum absolute atomic E-state index is 0.0386. The van der Waals surface area contributed by atoms with E-state index in [0.717, 1.165) is 22.0 Å². The lowest BCUT2D eigenvalue weighted by atomic mass is 10.0. The molecule has 2 aromatic rings. The Hall–Kier alpha value is -1.86. The molecule has 0 spiro atoms. The highest BCUT2D eigenvalue weighted by Gasteiger charge is 2.33. The zero-order chi connectivity index (χ0) is 21.3. The van der Waals surface area contributed by atoms with Crippen LogP contribution in [0.2, 0.25) is 0 Å². The van der Waals surface area contributed by atoms with Gasteiger partial charge in [0.25, 0.3) is 5.91 Å². The van der Waals surface area contributed by atoms with E-state index in [0.29, 0.717) is 24.2 Å². The van der Waals surface area contributed by atoms with Gasteiger partial charge >= 0.3 is 0 Å². The van der Waals surface area contributed by atoms with E-state index >= 15 is 0 Å². The lowest BCUT2D eigenvalue weighted by Crippen LogP contribution is -2.35. The molecule has 5 nitrogen and oxygen atoms in total. The molecule has 1 aliphatic rings. The first-order valence-electron chi connectivity index (χ1n) is 9.82. The van der Waals surface area contributed by atoms with Gasteiger partial charge in [-0.05, 0) is 62.1 Å². The third-order valence-electron chi connectivity index (χ3n) is 5.39. The van der Waals surface area contributed by atoms with Gasteiger partial charge in [-0.3, -0.25) is 9.10 Å². The van der Waals surface area contributed by atoms with Gasteiger partial charge in [0.2, 0.25) is 10.0 Å². The summed E-state index contributed by atoms with van der Waals surface area (Å²) in [5.41, 5.74) is 3.24. The molecule has 0 bridgehead atoms. The minimum atomic E-state index is -3.34. The molecule has 1 heterocycles. The first-order chi connectivity index (χ1) is 13.6. The molecule has 0 aliphatic carbocycles. The molecule has 1 amide bonds. The number of amides is 1. The summed E-state index contributed by atoms with van der Waals surface area (Å²) >= 11 is 3.59. The van der Waals surface area contributed by atoms with Crippen molar-refractivity contribution in [2.45, 2.75) is 45.7 Å². The van der Waals surface area contributed by atoms with Crippen LogP contribution in [0.5, 0.6) is 0 Å². The Kier molecular flexibility index (Phi) is 6.39. The number of halogens is 1. The predicted octanol–water partition coefficient (Wildman–Crippen LogP) is 4.77. The summed E-state index contributed by atoms with van der Waals surface area (Å²) in [4.78, 5) is 15.3. The number of hydrogen-bond donors (Lipinski definition) is 0. The van der Waals surface area contributed by atoms with Crippen LogP contribution in [0.4, 0.5) is 5.69 Å². The Labute approximate surface area is 181 Å². The maximum atomic E-state index is 13.4. The Morgan fingerprint density at radius 1 is 1.28 bits per heavy atom. The Morgan fingerprint density at radius 2 is 1.97 bits per heavy atom.